The summed E-state index contributed by atoms with van der Waals surface area (Å²) < 4.78 is 10.4. The summed E-state index contributed by atoms with van der Waals surface area (Å²) >= 11 is 0. The number of benzene rings is 2. The molecule has 4 rings (SSSR count). The third kappa shape index (κ3) is 3.64. The number of nitrogens with zero attached hydrogens (tertiary/aromatic N) is 1. The zero-order valence-corrected chi connectivity index (χ0v) is 16.2. The number of carbonyl (C=O) groups excluding carboxylic acids is 2. The molecule has 7 heteroatoms. The maximum atomic E-state index is 12.5. The zero-order chi connectivity index (χ0) is 20.4. The highest BCUT2D eigenvalue weighted by Gasteiger charge is 2.29. The molecule has 148 valence electrons. The maximum Gasteiger partial charge on any atom is 0.250 e. The number of carbonyl (C=O) groups is 2. The van der Waals surface area contributed by atoms with E-state index in [1.807, 2.05) is 36.4 Å². The van der Waals surface area contributed by atoms with E-state index in [0.717, 1.165) is 22.0 Å². The molecule has 3 aromatic rings. The maximum absolute atomic E-state index is 12.5. The largest absolute Gasteiger partial charge is 0.495 e. The topological polar surface area (TPSA) is 89.6 Å². The van der Waals surface area contributed by atoms with Crippen LogP contribution in [0.3, 0.4) is 0 Å². The average Bonchev–Trinajstić information content (AvgIpc) is 2.72. The molecule has 1 aromatic heterocycles. The lowest BCUT2D eigenvalue weighted by Crippen LogP contribution is -2.24. The van der Waals surface area contributed by atoms with E-state index < -0.39 is 0 Å². The number of amides is 2. The summed E-state index contributed by atoms with van der Waals surface area (Å²) in [5.74, 6) is -0.00992. The monoisotopic (exact) mass is 391 g/mol. The van der Waals surface area contributed by atoms with Crippen LogP contribution in [0.2, 0.25) is 0 Å². The summed E-state index contributed by atoms with van der Waals surface area (Å²) in [5, 5.41) is 6.68. The summed E-state index contributed by atoms with van der Waals surface area (Å²) in [4.78, 5) is 28.9. The molecule has 0 radical (unpaired) electrons. The van der Waals surface area contributed by atoms with Crippen molar-refractivity contribution in [3.05, 3.63) is 59.8 Å². The lowest BCUT2D eigenvalue weighted by Gasteiger charge is -2.28. The molecule has 0 fully saturated rings. The van der Waals surface area contributed by atoms with Gasteiger partial charge >= 0.3 is 0 Å². The summed E-state index contributed by atoms with van der Waals surface area (Å²) in [6, 6.07) is 13.4. The van der Waals surface area contributed by atoms with Crippen LogP contribution in [-0.2, 0) is 14.3 Å². The number of fused-ring (bicyclic) bond motifs is 2. The van der Waals surface area contributed by atoms with E-state index in [-0.39, 0.29) is 24.3 Å². The Morgan fingerprint density at radius 1 is 1.21 bits per heavy atom. The van der Waals surface area contributed by atoms with Gasteiger partial charge < -0.3 is 20.1 Å². The summed E-state index contributed by atoms with van der Waals surface area (Å²) in [7, 11) is 3.00. The third-order valence-electron chi connectivity index (χ3n) is 5.02. The number of hydrogen-bond donors (Lipinski definition) is 2. The second-order valence-corrected chi connectivity index (χ2v) is 6.84. The van der Waals surface area contributed by atoms with E-state index in [9.17, 15) is 9.59 Å². The first-order valence-corrected chi connectivity index (χ1v) is 9.25. The Kier molecular flexibility index (Phi) is 5.14. The molecule has 0 aliphatic carbocycles. The fourth-order valence-electron chi connectivity index (χ4n) is 3.77. The van der Waals surface area contributed by atoms with Crippen LogP contribution in [0, 0.1) is 0 Å². The fraction of sp³-hybridized carbons (Fsp3) is 0.227. The van der Waals surface area contributed by atoms with Crippen molar-refractivity contribution in [1.29, 1.82) is 0 Å². The number of aromatic nitrogens is 1. The van der Waals surface area contributed by atoms with Gasteiger partial charge in [-0.05, 0) is 35.4 Å². The quantitative estimate of drug-likeness (QED) is 0.697. The molecule has 0 unspecified atom stereocenters. The van der Waals surface area contributed by atoms with Crippen molar-refractivity contribution in [3.8, 4) is 5.75 Å². The first-order chi connectivity index (χ1) is 14.1. The average molecular weight is 391 g/mol. The molecule has 2 amide bonds. The summed E-state index contributed by atoms with van der Waals surface area (Å²) in [5.41, 5.74) is 3.98. The van der Waals surface area contributed by atoms with Crippen LogP contribution in [-0.4, -0.2) is 37.6 Å². The summed E-state index contributed by atoms with van der Waals surface area (Å²) in [6.45, 7) is -0.0712. The van der Waals surface area contributed by atoms with Crippen molar-refractivity contribution in [2.24, 2.45) is 0 Å². The minimum Gasteiger partial charge on any atom is -0.495 e. The third-order valence-corrected chi connectivity index (χ3v) is 5.02. The van der Waals surface area contributed by atoms with Gasteiger partial charge in [-0.3, -0.25) is 14.6 Å². The molecule has 29 heavy (non-hydrogen) atoms. The highest BCUT2D eigenvalue weighted by atomic mass is 16.5. The number of nitrogens with one attached hydrogen (secondary N) is 2. The molecule has 1 aliphatic heterocycles. The van der Waals surface area contributed by atoms with E-state index in [2.05, 4.69) is 15.6 Å². The van der Waals surface area contributed by atoms with E-state index in [1.165, 1.54) is 7.11 Å². The van der Waals surface area contributed by atoms with Crippen molar-refractivity contribution >= 4 is 34.1 Å². The van der Waals surface area contributed by atoms with Crippen LogP contribution >= 0.6 is 0 Å². The molecule has 0 saturated carbocycles. The van der Waals surface area contributed by atoms with Crippen LogP contribution in [0.25, 0.3) is 10.9 Å². The van der Waals surface area contributed by atoms with Crippen molar-refractivity contribution in [2.75, 3.05) is 31.5 Å². The van der Waals surface area contributed by atoms with Gasteiger partial charge in [0, 0.05) is 36.7 Å². The first-order valence-electron chi connectivity index (χ1n) is 9.25. The smallest absolute Gasteiger partial charge is 0.250 e. The van der Waals surface area contributed by atoms with Gasteiger partial charge in [0.25, 0.3) is 0 Å². The lowest BCUT2D eigenvalue weighted by molar-refractivity contribution is -0.119. The molecular weight excluding hydrogens is 370 g/mol. The van der Waals surface area contributed by atoms with E-state index in [1.54, 1.807) is 19.4 Å². The molecule has 0 bridgehead atoms. The Morgan fingerprint density at radius 3 is 2.83 bits per heavy atom. The Morgan fingerprint density at radius 2 is 2.03 bits per heavy atom. The fourth-order valence-corrected chi connectivity index (χ4v) is 3.77. The standard InChI is InChI=1S/C22H21N3O4/c1-28-12-22(27)25-19-11-18-16(9-20(19)29-2)15(10-21(26)24-18)13-7-8-23-17-6-4-3-5-14(13)17/h3-9,11,15H,10,12H2,1-2H3,(H,24,26)(H,25,27)/t15-/m0/s1. The summed E-state index contributed by atoms with van der Waals surface area (Å²) in [6.07, 6.45) is 2.08. The van der Waals surface area contributed by atoms with Crippen molar-refractivity contribution in [2.45, 2.75) is 12.3 Å². The highest BCUT2D eigenvalue weighted by Crippen LogP contribution is 2.43. The van der Waals surface area contributed by atoms with Gasteiger partial charge in [0.2, 0.25) is 11.8 Å². The van der Waals surface area contributed by atoms with E-state index in [0.29, 0.717) is 23.5 Å². The number of rotatable bonds is 5. The number of anilines is 2. The lowest BCUT2D eigenvalue weighted by atomic mass is 9.83. The molecule has 0 saturated heterocycles. The Hall–Kier alpha value is -3.45. The number of hydrogen-bond acceptors (Lipinski definition) is 5. The Bertz CT molecular complexity index is 1090. The van der Waals surface area contributed by atoms with Crippen molar-refractivity contribution in [1.82, 2.24) is 4.98 Å². The van der Waals surface area contributed by atoms with Crippen LogP contribution in [0.4, 0.5) is 11.4 Å². The molecule has 2 N–H and O–H groups in total. The van der Waals surface area contributed by atoms with E-state index >= 15 is 0 Å². The van der Waals surface area contributed by atoms with Crippen molar-refractivity contribution in [3.63, 3.8) is 0 Å². The number of para-hydroxylation sites is 1. The molecular formula is C22H21N3O4. The Balaban J connectivity index is 1.82. The minimum absolute atomic E-state index is 0.0712. The van der Waals surface area contributed by atoms with Gasteiger partial charge in [-0.25, -0.2) is 0 Å². The second kappa shape index (κ2) is 7.89. The molecule has 7 nitrogen and oxygen atoms in total. The Labute approximate surface area is 168 Å². The van der Waals surface area contributed by atoms with Crippen molar-refractivity contribution < 1.29 is 19.1 Å². The van der Waals surface area contributed by atoms with Gasteiger partial charge in [-0.2, -0.15) is 0 Å². The number of ether oxygens (including phenoxy) is 2. The van der Waals surface area contributed by atoms with E-state index in [4.69, 9.17) is 9.47 Å². The normalized spacial score (nSPS) is 15.5. The first kappa shape index (κ1) is 18.9. The predicted octanol–water partition coefficient (Wildman–Crippen LogP) is 3.30. The van der Waals surface area contributed by atoms with Crippen LogP contribution < -0.4 is 15.4 Å². The zero-order valence-electron chi connectivity index (χ0n) is 16.2. The van der Waals surface area contributed by atoms with Gasteiger partial charge in [0.15, 0.2) is 0 Å². The van der Waals surface area contributed by atoms with Crippen LogP contribution in [0.15, 0.2) is 48.7 Å². The molecule has 2 aromatic carbocycles. The number of pyridine rings is 1. The predicted molar refractivity (Wildman–Crippen MR) is 110 cm³/mol. The molecule has 1 atom stereocenters. The minimum atomic E-state index is -0.301. The SMILES string of the molecule is COCC(=O)Nc1cc2c(cc1OC)[C@H](c1ccnc3ccccc13)CC(=O)N2. The van der Waals surface area contributed by atoms with Gasteiger partial charge in [0.05, 0.1) is 18.3 Å². The second-order valence-electron chi connectivity index (χ2n) is 6.84. The molecule has 2 heterocycles. The highest BCUT2D eigenvalue weighted by molar-refractivity contribution is 5.99. The van der Waals surface area contributed by atoms with Gasteiger partial charge in [-0.15, -0.1) is 0 Å². The molecule has 0 spiro atoms. The molecule has 1 aliphatic rings. The van der Waals surface area contributed by atoms with Gasteiger partial charge in [0.1, 0.15) is 12.4 Å². The van der Waals surface area contributed by atoms with Crippen LogP contribution in [0.5, 0.6) is 5.75 Å². The van der Waals surface area contributed by atoms with Crippen LogP contribution in [0.1, 0.15) is 23.5 Å². The van der Waals surface area contributed by atoms with Gasteiger partial charge in [-0.1, -0.05) is 18.2 Å². The number of methoxy groups -OCH3 is 2.